The first-order valence-electron chi connectivity index (χ1n) is 8.51. The molecular weight excluding hydrogens is 312 g/mol. The van der Waals surface area contributed by atoms with E-state index in [4.69, 9.17) is 22.1 Å². The van der Waals surface area contributed by atoms with Crippen molar-refractivity contribution in [2.24, 2.45) is 11.7 Å². The summed E-state index contributed by atoms with van der Waals surface area (Å²) in [6.07, 6.45) is 4.59. The molecular formula is C18H25ClN2O2. The number of rotatable bonds is 4. The Morgan fingerprint density at radius 3 is 2.74 bits per heavy atom. The van der Waals surface area contributed by atoms with Gasteiger partial charge in [-0.2, -0.15) is 0 Å². The highest BCUT2D eigenvalue weighted by molar-refractivity contribution is 6.31. The molecule has 1 aromatic rings. The minimum absolute atomic E-state index is 0.0826. The van der Waals surface area contributed by atoms with Crippen LogP contribution in [0.3, 0.4) is 0 Å². The molecule has 4 nitrogen and oxygen atoms in total. The third-order valence-electron chi connectivity index (χ3n) is 5.45. The van der Waals surface area contributed by atoms with E-state index in [1.54, 1.807) is 0 Å². The molecule has 1 heterocycles. The highest BCUT2D eigenvalue weighted by Gasteiger charge is 2.44. The molecule has 0 spiro atoms. The van der Waals surface area contributed by atoms with Crippen molar-refractivity contribution in [2.45, 2.75) is 43.6 Å². The van der Waals surface area contributed by atoms with Gasteiger partial charge in [0.2, 0.25) is 5.91 Å². The molecule has 1 aliphatic carbocycles. The summed E-state index contributed by atoms with van der Waals surface area (Å²) in [7, 11) is 0. The Hall–Kier alpha value is -1.10. The molecule has 2 aliphatic rings. The predicted octanol–water partition coefficient (Wildman–Crippen LogP) is 2.63. The molecule has 0 unspecified atom stereocenters. The van der Waals surface area contributed by atoms with Crippen LogP contribution >= 0.6 is 11.6 Å². The Kier molecular flexibility index (Phi) is 5.24. The Balaban J connectivity index is 1.87. The first-order valence-corrected chi connectivity index (χ1v) is 8.89. The Morgan fingerprint density at radius 1 is 1.30 bits per heavy atom. The zero-order valence-electron chi connectivity index (χ0n) is 13.4. The fraction of sp³-hybridized carbons (Fsp3) is 0.611. The predicted molar refractivity (Wildman–Crippen MR) is 91.5 cm³/mol. The van der Waals surface area contributed by atoms with Gasteiger partial charge < -0.3 is 15.8 Å². The summed E-state index contributed by atoms with van der Waals surface area (Å²) >= 11 is 6.42. The molecule has 126 valence electrons. The zero-order valence-corrected chi connectivity index (χ0v) is 14.1. The molecule has 3 rings (SSSR count). The van der Waals surface area contributed by atoms with Crippen molar-refractivity contribution in [1.29, 1.82) is 0 Å². The molecule has 0 bridgehead atoms. The monoisotopic (exact) mass is 336 g/mol. The van der Waals surface area contributed by atoms with Crippen LogP contribution in [0.2, 0.25) is 5.02 Å². The van der Waals surface area contributed by atoms with E-state index in [1.807, 2.05) is 24.3 Å². The molecule has 1 aromatic carbocycles. The van der Waals surface area contributed by atoms with Gasteiger partial charge in [-0.25, -0.2) is 0 Å². The molecule has 1 saturated heterocycles. The van der Waals surface area contributed by atoms with Gasteiger partial charge in [0.25, 0.3) is 0 Å². The second-order valence-electron chi connectivity index (χ2n) is 6.68. The average molecular weight is 337 g/mol. The largest absolute Gasteiger partial charge is 0.381 e. The van der Waals surface area contributed by atoms with E-state index in [2.05, 4.69) is 5.32 Å². The van der Waals surface area contributed by atoms with Crippen LogP contribution in [0.15, 0.2) is 24.3 Å². The standard InChI is InChI=1S/C18H25ClN2O2/c19-15-6-2-1-5-14(15)18(8-10-23-11-9-18)17(22)21-16-7-3-4-13(16)12-20/h1-2,5-6,13,16H,3-4,7-12,20H2,(H,21,22)/t13-,16+/m0/s1. The number of hydrogen-bond donors (Lipinski definition) is 2. The van der Waals surface area contributed by atoms with Crippen LogP contribution in [0.25, 0.3) is 0 Å². The first kappa shape index (κ1) is 16.7. The maximum absolute atomic E-state index is 13.2. The number of nitrogens with two attached hydrogens (primary N) is 1. The number of carbonyl (C=O) groups is 1. The van der Waals surface area contributed by atoms with Crippen molar-refractivity contribution in [1.82, 2.24) is 5.32 Å². The van der Waals surface area contributed by atoms with E-state index in [0.29, 0.717) is 43.5 Å². The van der Waals surface area contributed by atoms with Gasteiger partial charge in [-0.3, -0.25) is 4.79 Å². The summed E-state index contributed by atoms with van der Waals surface area (Å²) in [6, 6.07) is 7.87. The van der Waals surface area contributed by atoms with Gasteiger partial charge in [-0.15, -0.1) is 0 Å². The van der Waals surface area contributed by atoms with Gasteiger partial charge in [0.05, 0.1) is 5.41 Å². The van der Waals surface area contributed by atoms with Crippen LogP contribution in [0.4, 0.5) is 0 Å². The SMILES string of the molecule is NC[C@@H]1CCC[C@H]1NC(=O)C1(c2ccccc2Cl)CCOCC1. The molecule has 1 aliphatic heterocycles. The summed E-state index contributed by atoms with van der Waals surface area (Å²) < 4.78 is 5.51. The van der Waals surface area contributed by atoms with E-state index in [1.165, 1.54) is 0 Å². The van der Waals surface area contributed by atoms with Gasteiger partial charge in [0, 0.05) is 24.3 Å². The number of halogens is 1. The first-order chi connectivity index (χ1) is 11.2. The van der Waals surface area contributed by atoms with Crippen molar-refractivity contribution >= 4 is 17.5 Å². The Morgan fingerprint density at radius 2 is 2.04 bits per heavy atom. The Bertz CT molecular complexity index is 558. The maximum atomic E-state index is 13.2. The van der Waals surface area contributed by atoms with Gasteiger partial charge in [-0.05, 0) is 49.8 Å². The minimum atomic E-state index is -0.585. The second-order valence-corrected chi connectivity index (χ2v) is 7.09. The molecule has 5 heteroatoms. The summed E-state index contributed by atoms with van der Waals surface area (Å²) in [5.74, 6) is 0.473. The van der Waals surface area contributed by atoms with Gasteiger partial charge in [-0.1, -0.05) is 36.2 Å². The summed E-state index contributed by atoms with van der Waals surface area (Å²) in [5, 5.41) is 3.94. The zero-order chi connectivity index (χ0) is 16.3. The molecule has 1 saturated carbocycles. The van der Waals surface area contributed by atoms with E-state index in [-0.39, 0.29) is 11.9 Å². The van der Waals surface area contributed by atoms with E-state index in [9.17, 15) is 4.79 Å². The van der Waals surface area contributed by atoms with Crippen molar-refractivity contribution in [3.63, 3.8) is 0 Å². The van der Waals surface area contributed by atoms with Crippen LogP contribution in [-0.2, 0) is 14.9 Å². The van der Waals surface area contributed by atoms with Crippen LogP contribution in [-0.4, -0.2) is 31.7 Å². The number of hydrogen-bond acceptors (Lipinski definition) is 3. The second kappa shape index (κ2) is 7.20. The lowest BCUT2D eigenvalue weighted by atomic mass is 9.73. The number of ether oxygens (including phenoxy) is 1. The third kappa shape index (κ3) is 3.25. The van der Waals surface area contributed by atoms with Gasteiger partial charge in [0.15, 0.2) is 0 Å². The molecule has 0 radical (unpaired) electrons. The minimum Gasteiger partial charge on any atom is -0.381 e. The fourth-order valence-corrected chi connectivity index (χ4v) is 4.32. The summed E-state index contributed by atoms with van der Waals surface area (Å²) in [4.78, 5) is 13.2. The smallest absolute Gasteiger partial charge is 0.231 e. The normalized spacial score (nSPS) is 26.9. The lowest BCUT2D eigenvalue weighted by Gasteiger charge is -2.38. The summed E-state index contributed by atoms with van der Waals surface area (Å²) in [5.41, 5.74) is 6.19. The molecule has 3 N–H and O–H groups in total. The van der Waals surface area contributed by atoms with Crippen molar-refractivity contribution in [3.8, 4) is 0 Å². The number of benzene rings is 1. The topological polar surface area (TPSA) is 64.3 Å². The quantitative estimate of drug-likeness (QED) is 0.888. The number of nitrogens with one attached hydrogen (secondary N) is 1. The van der Waals surface area contributed by atoms with Crippen molar-refractivity contribution in [2.75, 3.05) is 19.8 Å². The van der Waals surface area contributed by atoms with Gasteiger partial charge in [0.1, 0.15) is 0 Å². The van der Waals surface area contributed by atoms with Crippen LogP contribution < -0.4 is 11.1 Å². The molecule has 0 aromatic heterocycles. The molecule has 23 heavy (non-hydrogen) atoms. The van der Waals surface area contributed by atoms with Crippen LogP contribution in [0, 0.1) is 5.92 Å². The van der Waals surface area contributed by atoms with E-state index >= 15 is 0 Å². The van der Waals surface area contributed by atoms with Crippen LogP contribution in [0.5, 0.6) is 0 Å². The molecule has 2 fully saturated rings. The average Bonchev–Trinajstić information content (AvgIpc) is 3.03. The summed E-state index contributed by atoms with van der Waals surface area (Å²) in [6.45, 7) is 1.81. The highest BCUT2D eigenvalue weighted by atomic mass is 35.5. The van der Waals surface area contributed by atoms with E-state index in [0.717, 1.165) is 24.8 Å². The van der Waals surface area contributed by atoms with Crippen molar-refractivity contribution < 1.29 is 9.53 Å². The number of amides is 1. The van der Waals surface area contributed by atoms with Gasteiger partial charge >= 0.3 is 0 Å². The van der Waals surface area contributed by atoms with Crippen molar-refractivity contribution in [3.05, 3.63) is 34.9 Å². The molecule has 1 amide bonds. The highest BCUT2D eigenvalue weighted by Crippen LogP contribution is 2.39. The van der Waals surface area contributed by atoms with E-state index < -0.39 is 5.41 Å². The third-order valence-corrected chi connectivity index (χ3v) is 5.78. The lowest BCUT2D eigenvalue weighted by Crippen LogP contribution is -2.52. The van der Waals surface area contributed by atoms with Crippen LogP contribution in [0.1, 0.15) is 37.7 Å². The Labute approximate surface area is 142 Å². The number of carbonyl (C=O) groups excluding carboxylic acids is 1. The molecule has 2 atom stereocenters. The maximum Gasteiger partial charge on any atom is 0.231 e. The lowest BCUT2D eigenvalue weighted by molar-refractivity contribution is -0.131. The fourth-order valence-electron chi connectivity index (χ4n) is 4.00.